The van der Waals surface area contributed by atoms with Crippen molar-refractivity contribution in [3.05, 3.63) is 0 Å². The van der Waals surface area contributed by atoms with Crippen LogP contribution in [0.3, 0.4) is 0 Å². The van der Waals surface area contributed by atoms with Gasteiger partial charge in [0.1, 0.15) is 0 Å². The van der Waals surface area contributed by atoms with Gasteiger partial charge in [-0.2, -0.15) is 0 Å². The zero-order valence-electron chi connectivity index (χ0n) is 15.5. The molecule has 0 amide bonds. The third kappa shape index (κ3) is 18.0. The van der Waals surface area contributed by atoms with Crippen molar-refractivity contribution in [1.29, 1.82) is 0 Å². The van der Waals surface area contributed by atoms with E-state index >= 15 is 0 Å². The van der Waals surface area contributed by atoms with Crippen LogP contribution < -0.4 is 0 Å². The number of hydrogen-bond donors (Lipinski definition) is 1. The van der Waals surface area contributed by atoms with Gasteiger partial charge in [0.15, 0.2) is 6.29 Å². The van der Waals surface area contributed by atoms with Crippen LogP contribution in [0.5, 0.6) is 0 Å². The summed E-state index contributed by atoms with van der Waals surface area (Å²) in [6, 6.07) is 0. The summed E-state index contributed by atoms with van der Waals surface area (Å²) in [6.45, 7) is 5.20. The minimum absolute atomic E-state index is 0.528. The van der Waals surface area contributed by atoms with Crippen LogP contribution in [0.4, 0.5) is 0 Å². The summed E-state index contributed by atoms with van der Waals surface area (Å²) in [4.78, 5) is 0. The van der Waals surface area contributed by atoms with E-state index in [1.165, 1.54) is 83.5 Å². The van der Waals surface area contributed by atoms with E-state index in [0.717, 1.165) is 25.9 Å². The summed E-state index contributed by atoms with van der Waals surface area (Å²) in [7, 11) is 0. The summed E-state index contributed by atoms with van der Waals surface area (Å²) in [6.07, 6.45) is 20.0. The van der Waals surface area contributed by atoms with Crippen LogP contribution in [-0.4, -0.2) is 18.0 Å². The third-order valence-corrected chi connectivity index (χ3v) is 4.36. The second kappa shape index (κ2) is 19.0. The highest BCUT2D eigenvalue weighted by Gasteiger charge is 2.03. The molecule has 0 aliphatic heterocycles. The molecule has 1 N–H and O–H groups in total. The maximum absolute atomic E-state index is 9.73. The Labute approximate surface area is 140 Å². The lowest BCUT2D eigenvalue weighted by molar-refractivity contribution is -0.105. The van der Waals surface area contributed by atoms with Crippen LogP contribution >= 0.6 is 0 Å². The summed E-state index contributed by atoms with van der Waals surface area (Å²) < 4.78 is 5.44. The molecule has 0 heterocycles. The summed E-state index contributed by atoms with van der Waals surface area (Å²) in [5.41, 5.74) is 0. The Kier molecular flexibility index (Phi) is 18.9. The van der Waals surface area contributed by atoms with Gasteiger partial charge in [-0.1, -0.05) is 97.3 Å². The third-order valence-electron chi connectivity index (χ3n) is 4.36. The molecule has 0 bridgehead atoms. The first-order valence-electron chi connectivity index (χ1n) is 10.1. The normalized spacial score (nSPS) is 12.7. The second-order valence-electron chi connectivity index (χ2n) is 6.71. The van der Waals surface area contributed by atoms with E-state index in [4.69, 9.17) is 4.74 Å². The molecule has 0 aromatic carbocycles. The second-order valence-corrected chi connectivity index (χ2v) is 6.71. The van der Waals surface area contributed by atoms with Gasteiger partial charge >= 0.3 is 0 Å². The molecule has 0 fully saturated rings. The van der Waals surface area contributed by atoms with Gasteiger partial charge in [0.2, 0.25) is 0 Å². The number of unbranched alkanes of at least 4 members (excludes halogenated alkanes) is 13. The first kappa shape index (κ1) is 21.9. The first-order chi connectivity index (χ1) is 10.8. The topological polar surface area (TPSA) is 29.5 Å². The lowest BCUT2D eigenvalue weighted by Gasteiger charge is -2.11. The smallest absolute Gasteiger partial charge is 0.154 e. The number of aliphatic hydroxyl groups excluding tert-OH is 1. The molecule has 1 unspecified atom stereocenters. The van der Waals surface area contributed by atoms with E-state index in [2.05, 4.69) is 13.8 Å². The lowest BCUT2D eigenvalue weighted by atomic mass is 10.1. The number of ether oxygens (including phenoxy) is 1. The van der Waals surface area contributed by atoms with Crippen molar-refractivity contribution in [3.63, 3.8) is 0 Å². The Morgan fingerprint density at radius 3 is 1.50 bits per heavy atom. The highest BCUT2D eigenvalue weighted by Crippen LogP contribution is 2.13. The Morgan fingerprint density at radius 1 is 0.591 bits per heavy atom. The van der Waals surface area contributed by atoms with Crippen molar-refractivity contribution in [2.24, 2.45) is 0 Å². The molecule has 0 saturated heterocycles. The summed E-state index contributed by atoms with van der Waals surface area (Å²) in [5.74, 6) is 0. The maximum Gasteiger partial charge on any atom is 0.154 e. The predicted molar refractivity (Wildman–Crippen MR) is 97.2 cm³/mol. The molecule has 0 aliphatic rings. The fourth-order valence-corrected chi connectivity index (χ4v) is 2.81. The molecule has 0 spiro atoms. The molecule has 134 valence electrons. The monoisotopic (exact) mass is 314 g/mol. The van der Waals surface area contributed by atoms with E-state index in [1.807, 2.05) is 0 Å². The Morgan fingerprint density at radius 2 is 1.00 bits per heavy atom. The number of hydrogen-bond acceptors (Lipinski definition) is 2. The van der Waals surface area contributed by atoms with Gasteiger partial charge in [-0.25, -0.2) is 0 Å². The SMILES string of the molecule is CCCCCCCCCCCCCC(O)OCCCCCC. The molecule has 2 nitrogen and oxygen atoms in total. The maximum atomic E-state index is 9.73. The Balaban J connectivity index is 3.09. The molecular formula is C20H42O2. The summed E-state index contributed by atoms with van der Waals surface area (Å²) in [5, 5.41) is 9.73. The van der Waals surface area contributed by atoms with Crippen molar-refractivity contribution < 1.29 is 9.84 Å². The molecular weight excluding hydrogens is 272 g/mol. The standard InChI is InChI=1S/C20H42O2/c1-3-5-7-9-10-11-12-13-14-15-16-18-20(21)22-19-17-8-6-4-2/h20-21H,3-19H2,1-2H3. The van der Waals surface area contributed by atoms with E-state index in [1.54, 1.807) is 0 Å². The van der Waals surface area contributed by atoms with Gasteiger partial charge in [-0.3, -0.25) is 0 Å². The van der Waals surface area contributed by atoms with Crippen LogP contribution in [0.1, 0.15) is 117 Å². The van der Waals surface area contributed by atoms with Gasteiger partial charge < -0.3 is 9.84 Å². The predicted octanol–water partition coefficient (Wildman–Crippen LogP) is 6.60. The van der Waals surface area contributed by atoms with Crippen LogP contribution in [-0.2, 0) is 4.74 Å². The van der Waals surface area contributed by atoms with Gasteiger partial charge in [-0.15, -0.1) is 0 Å². The highest BCUT2D eigenvalue weighted by molar-refractivity contribution is 4.50. The highest BCUT2D eigenvalue weighted by atomic mass is 16.6. The van der Waals surface area contributed by atoms with E-state index in [-0.39, 0.29) is 0 Å². The van der Waals surface area contributed by atoms with Crippen molar-refractivity contribution >= 4 is 0 Å². The van der Waals surface area contributed by atoms with Crippen LogP contribution in [0, 0.1) is 0 Å². The fourth-order valence-electron chi connectivity index (χ4n) is 2.81. The average Bonchev–Trinajstić information content (AvgIpc) is 2.52. The molecule has 0 radical (unpaired) electrons. The molecule has 0 rings (SSSR count). The minimum atomic E-state index is -0.528. The lowest BCUT2D eigenvalue weighted by Crippen LogP contribution is -2.12. The van der Waals surface area contributed by atoms with E-state index < -0.39 is 6.29 Å². The van der Waals surface area contributed by atoms with Gasteiger partial charge in [0, 0.05) is 6.61 Å². The zero-order valence-corrected chi connectivity index (χ0v) is 15.5. The molecule has 22 heavy (non-hydrogen) atoms. The van der Waals surface area contributed by atoms with Gasteiger partial charge in [-0.05, 0) is 19.3 Å². The largest absolute Gasteiger partial charge is 0.368 e. The molecule has 1 atom stereocenters. The van der Waals surface area contributed by atoms with Crippen LogP contribution in [0.2, 0.25) is 0 Å². The average molecular weight is 315 g/mol. The number of rotatable bonds is 18. The Hall–Kier alpha value is -0.0800. The first-order valence-corrected chi connectivity index (χ1v) is 10.1. The molecule has 0 saturated carbocycles. The molecule has 2 heteroatoms. The van der Waals surface area contributed by atoms with E-state index in [0.29, 0.717) is 0 Å². The molecule has 0 aliphatic carbocycles. The number of aliphatic hydroxyl groups is 1. The van der Waals surface area contributed by atoms with Crippen molar-refractivity contribution in [3.8, 4) is 0 Å². The molecule has 0 aromatic rings. The van der Waals surface area contributed by atoms with Gasteiger partial charge in [0.25, 0.3) is 0 Å². The van der Waals surface area contributed by atoms with Crippen molar-refractivity contribution in [2.75, 3.05) is 6.61 Å². The van der Waals surface area contributed by atoms with Gasteiger partial charge in [0.05, 0.1) is 0 Å². The minimum Gasteiger partial charge on any atom is -0.368 e. The quantitative estimate of drug-likeness (QED) is 0.228. The van der Waals surface area contributed by atoms with Crippen molar-refractivity contribution in [1.82, 2.24) is 0 Å². The van der Waals surface area contributed by atoms with Crippen LogP contribution in [0.25, 0.3) is 0 Å². The Bertz CT molecular complexity index is 194. The van der Waals surface area contributed by atoms with Crippen molar-refractivity contribution in [2.45, 2.75) is 123 Å². The van der Waals surface area contributed by atoms with Crippen LogP contribution in [0.15, 0.2) is 0 Å². The summed E-state index contributed by atoms with van der Waals surface area (Å²) >= 11 is 0. The molecule has 0 aromatic heterocycles. The fraction of sp³-hybridized carbons (Fsp3) is 1.00. The van der Waals surface area contributed by atoms with E-state index in [9.17, 15) is 5.11 Å². The zero-order chi connectivity index (χ0) is 16.3.